The summed E-state index contributed by atoms with van der Waals surface area (Å²) in [6.45, 7) is 0. The summed E-state index contributed by atoms with van der Waals surface area (Å²) in [5, 5.41) is 0. The number of nitrogens with two attached hydrogens (primary N) is 1. The predicted molar refractivity (Wildman–Crippen MR) is 69.9 cm³/mol. The van der Waals surface area contributed by atoms with Crippen molar-refractivity contribution in [1.82, 2.24) is 0 Å². The second-order valence-electron chi connectivity index (χ2n) is 5.76. The predicted octanol–water partition coefficient (Wildman–Crippen LogP) is 5.30. The van der Waals surface area contributed by atoms with Gasteiger partial charge in [-0.15, -0.1) is 0 Å². The molecule has 0 aromatic heterocycles. The van der Waals surface area contributed by atoms with Crippen LogP contribution < -0.4 is 5.73 Å². The van der Waals surface area contributed by atoms with Gasteiger partial charge in [-0.05, 0) is 42.5 Å². The summed E-state index contributed by atoms with van der Waals surface area (Å²) in [5.41, 5.74) is 3.27. The first kappa shape index (κ1) is 17.1. The first-order valence-electron chi connectivity index (χ1n) is 7.14. The smallest absolute Gasteiger partial charge is 0.324 e. The molecule has 0 saturated heterocycles. The van der Waals surface area contributed by atoms with E-state index in [1.54, 1.807) is 0 Å². The third-order valence-corrected chi connectivity index (χ3v) is 4.15. The van der Waals surface area contributed by atoms with Gasteiger partial charge in [0.25, 0.3) is 0 Å². The Bertz CT molecular complexity index is 481. The van der Waals surface area contributed by atoms with E-state index in [1.807, 2.05) is 0 Å². The van der Waals surface area contributed by atoms with Crippen LogP contribution in [0.3, 0.4) is 0 Å². The van der Waals surface area contributed by atoms with Crippen molar-refractivity contribution in [3.8, 4) is 0 Å². The van der Waals surface area contributed by atoms with E-state index >= 15 is 0 Å². The van der Waals surface area contributed by atoms with Crippen molar-refractivity contribution < 1.29 is 26.3 Å². The van der Waals surface area contributed by atoms with Crippen LogP contribution in [0.1, 0.15) is 54.8 Å². The molecule has 1 nitrogen and oxygen atoms in total. The molecular formula is C15H17F6N. The highest BCUT2D eigenvalue weighted by molar-refractivity contribution is 5.35. The van der Waals surface area contributed by atoms with Gasteiger partial charge in [0.15, 0.2) is 0 Å². The third-order valence-electron chi connectivity index (χ3n) is 4.15. The van der Waals surface area contributed by atoms with Crippen LogP contribution in [-0.4, -0.2) is 0 Å². The molecule has 0 unspecified atom stereocenters. The Kier molecular flexibility index (Phi) is 4.75. The minimum absolute atomic E-state index is 0.0710. The number of hydrogen-bond acceptors (Lipinski definition) is 1. The first-order valence-corrected chi connectivity index (χ1v) is 7.14. The number of halogens is 6. The molecule has 124 valence electrons. The lowest BCUT2D eigenvalue weighted by molar-refractivity contribution is -0.143. The number of hydrogen-bond donors (Lipinski definition) is 1. The third kappa shape index (κ3) is 3.94. The maximum atomic E-state index is 12.8. The van der Waals surface area contributed by atoms with Crippen molar-refractivity contribution in [2.24, 2.45) is 11.7 Å². The summed E-state index contributed by atoms with van der Waals surface area (Å²) >= 11 is 0. The van der Waals surface area contributed by atoms with Gasteiger partial charge in [0.2, 0.25) is 0 Å². The van der Waals surface area contributed by atoms with Gasteiger partial charge in [-0.3, -0.25) is 0 Å². The molecule has 1 aromatic carbocycles. The number of rotatable bonds is 2. The monoisotopic (exact) mass is 325 g/mol. The average molecular weight is 325 g/mol. The molecule has 2 rings (SSSR count). The number of benzene rings is 1. The highest BCUT2D eigenvalue weighted by atomic mass is 19.4. The summed E-state index contributed by atoms with van der Waals surface area (Å²) in [6.07, 6.45) is -5.35. The summed E-state index contributed by atoms with van der Waals surface area (Å²) < 4.78 is 77.0. The Morgan fingerprint density at radius 1 is 0.818 bits per heavy atom. The van der Waals surface area contributed by atoms with Crippen LogP contribution in [-0.2, 0) is 12.4 Å². The maximum absolute atomic E-state index is 12.8. The molecule has 0 spiro atoms. The maximum Gasteiger partial charge on any atom is 0.416 e. The van der Waals surface area contributed by atoms with Crippen molar-refractivity contribution in [2.45, 2.75) is 50.5 Å². The lowest BCUT2D eigenvalue weighted by Crippen LogP contribution is -2.24. The zero-order chi connectivity index (χ0) is 16.5. The van der Waals surface area contributed by atoms with E-state index in [1.165, 1.54) is 0 Å². The molecule has 1 aromatic rings. The molecule has 0 bridgehead atoms. The SMILES string of the molecule is N[C@H](c1cc(C(F)(F)F)cc(C(F)(F)F)c1)C1CCCCC1. The highest BCUT2D eigenvalue weighted by Gasteiger charge is 2.37. The van der Waals surface area contributed by atoms with Crippen LogP contribution in [0.5, 0.6) is 0 Å². The average Bonchev–Trinajstić information content (AvgIpc) is 2.45. The van der Waals surface area contributed by atoms with Crippen molar-refractivity contribution in [1.29, 1.82) is 0 Å². The van der Waals surface area contributed by atoms with Crippen LogP contribution in [0.2, 0.25) is 0 Å². The second kappa shape index (κ2) is 6.10. The molecule has 1 aliphatic carbocycles. The minimum atomic E-state index is -4.83. The van der Waals surface area contributed by atoms with Gasteiger partial charge >= 0.3 is 12.4 Å². The van der Waals surface area contributed by atoms with Crippen molar-refractivity contribution >= 4 is 0 Å². The zero-order valence-electron chi connectivity index (χ0n) is 11.8. The zero-order valence-corrected chi connectivity index (χ0v) is 11.8. The second-order valence-corrected chi connectivity index (χ2v) is 5.76. The van der Waals surface area contributed by atoms with Gasteiger partial charge in [0.1, 0.15) is 0 Å². The molecule has 7 heteroatoms. The van der Waals surface area contributed by atoms with Crippen LogP contribution in [0.15, 0.2) is 18.2 Å². The first-order chi connectivity index (χ1) is 10.1. The van der Waals surface area contributed by atoms with Gasteiger partial charge in [-0.1, -0.05) is 19.3 Å². The number of alkyl halides is 6. The quantitative estimate of drug-likeness (QED) is 0.733. The summed E-state index contributed by atoms with van der Waals surface area (Å²) in [7, 11) is 0. The summed E-state index contributed by atoms with van der Waals surface area (Å²) in [5.74, 6) is -0.0710. The molecular weight excluding hydrogens is 308 g/mol. The van der Waals surface area contributed by atoms with Crippen LogP contribution in [0.4, 0.5) is 26.3 Å². The van der Waals surface area contributed by atoms with Gasteiger partial charge in [0, 0.05) is 6.04 Å². The molecule has 0 heterocycles. The Labute approximate surface area is 124 Å². The van der Waals surface area contributed by atoms with E-state index in [0.717, 1.165) is 44.2 Å². The lowest BCUT2D eigenvalue weighted by atomic mass is 9.81. The van der Waals surface area contributed by atoms with Crippen LogP contribution in [0, 0.1) is 5.92 Å². The minimum Gasteiger partial charge on any atom is -0.324 e. The molecule has 1 atom stereocenters. The molecule has 0 radical (unpaired) electrons. The van der Waals surface area contributed by atoms with E-state index in [0.29, 0.717) is 0 Å². The Hall–Kier alpha value is -1.24. The van der Waals surface area contributed by atoms with Crippen molar-refractivity contribution in [3.63, 3.8) is 0 Å². The normalized spacial score (nSPS) is 19.2. The molecule has 22 heavy (non-hydrogen) atoms. The summed E-state index contributed by atoms with van der Waals surface area (Å²) in [4.78, 5) is 0. The van der Waals surface area contributed by atoms with E-state index in [2.05, 4.69) is 0 Å². The van der Waals surface area contributed by atoms with Gasteiger partial charge in [-0.2, -0.15) is 26.3 Å². The van der Waals surface area contributed by atoms with Crippen LogP contribution in [0.25, 0.3) is 0 Å². The Balaban J connectivity index is 2.41. The molecule has 0 amide bonds. The Morgan fingerprint density at radius 2 is 1.27 bits per heavy atom. The fourth-order valence-electron chi connectivity index (χ4n) is 2.94. The van der Waals surface area contributed by atoms with E-state index in [9.17, 15) is 26.3 Å². The Morgan fingerprint density at radius 3 is 1.68 bits per heavy atom. The van der Waals surface area contributed by atoms with Crippen molar-refractivity contribution in [2.75, 3.05) is 0 Å². The topological polar surface area (TPSA) is 26.0 Å². The van der Waals surface area contributed by atoms with Crippen molar-refractivity contribution in [3.05, 3.63) is 34.9 Å². The molecule has 2 N–H and O–H groups in total. The fraction of sp³-hybridized carbons (Fsp3) is 0.600. The molecule has 1 fully saturated rings. The largest absolute Gasteiger partial charge is 0.416 e. The van der Waals surface area contributed by atoms with Gasteiger partial charge in [0.05, 0.1) is 11.1 Å². The molecule has 1 aliphatic rings. The van der Waals surface area contributed by atoms with Gasteiger partial charge in [-0.25, -0.2) is 0 Å². The van der Waals surface area contributed by atoms with Gasteiger partial charge < -0.3 is 5.73 Å². The van der Waals surface area contributed by atoms with Crippen LogP contribution >= 0.6 is 0 Å². The van der Waals surface area contributed by atoms with E-state index < -0.39 is 29.5 Å². The summed E-state index contributed by atoms with van der Waals surface area (Å²) in [6, 6.07) is 0.823. The molecule has 1 saturated carbocycles. The van der Waals surface area contributed by atoms with E-state index in [4.69, 9.17) is 5.73 Å². The fourth-order valence-corrected chi connectivity index (χ4v) is 2.94. The standard InChI is InChI=1S/C15H17F6N/c16-14(17,18)11-6-10(7-12(8-11)15(19,20)21)13(22)9-4-2-1-3-5-9/h6-9,13H,1-5,22H2/t13-/m0/s1. The van der Waals surface area contributed by atoms with E-state index in [-0.39, 0.29) is 17.5 Å². The molecule has 0 aliphatic heterocycles. The highest BCUT2D eigenvalue weighted by Crippen LogP contribution is 2.40. The lowest BCUT2D eigenvalue weighted by Gasteiger charge is -2.28.